The van der Waals surface area contributed by atoms with E-state index in [2.05, 4.69) is 5.10 Å². The summed E-state index contributed by atoms with van der Waals surface area (Å²) in [5.41, 5.74) is 0.761. The lowest BCUT2D eigenvalue weighted by atomic mass is 10.2. The Bertz CT molecular complexity index is 345. The maximum atomic E-state index is 12.0. The molecule has 1 aliphatic heterocycles. The van der Waals surface area contributed by atoms with Crippen molar-refractivity contribution < 1.29 is 4.79 Å². The molecule has 5 heteroatoms. The number of aryl methyl sites for hydroxylation is 1. The smallest absolute Gasteiger partial charge is 0.179 e. The van der Waals surface area contributed by atoms with E-state index in [1.807, 2.05) is 24.9 Å². The molecule has 0 amide bonds. The Hall–Kier alpha value is -0.420. The van der Waals surface area contributed by atoms with Gasteiger partial charge in [0.25, 0.3) is 0 Å². The zero-order valence-corrected chi connectivity index (χ0v) is 10.3. The highest BCUT2D eigenvalue weighted by atomic mass is 32.2. The predicted molar refractivity (Wildman–Crippen MR) is 65.8 cm³/mol. The van der Waals surface area contributed by atoms with Gasteiger partial charge < -0.3 is 0 Å². The fourth-order valence-electron chi connectivity index (χ4n) is 1.49. The lowest BCUT2D eigenvalue weighted by molar-refractivity contribution is 0.0995. The van der Waals surface area contributed by atoms with Crippen LogP contribution in [0.25, 0.3) is 0 Å². The van der Waals surface area contributed by atoms with Crippen LogP contribution in [-0.2, 0) is 6.54 Å². The normalized spacial score (nSPS) is 21.5. The molecule has 0 aliphatic carbocycles. The Balaban J connectivity index is 2.05. The van der Waals surface area contributed by atoms with Gasteiger partial charge >= 0.3 is 0 Å². The summed E-state index contributed by atoms with van der Waals surface area (Å²) >= 11 is 3.65. The fourth-order valence-corrected chi connectivity index (χ4v) is 4.12. The Kier molecular flexibility index (Phi) is 3.75. The van der Waals surface area contributed by atoms with Crippen molar-refractivity contribution in [3.63, 3.8) is 0 Å². The highest BCUT2D eigenvalue weighted by Gasteiger charge is 2.24. The first kappa shape index (κ1) is 11.1. The first-order valence-corrected chi connectivity index (χ1v) is 7.27. The number of rotatable bonds is 3. The van der Waals surface area contributed by atoms with Gasteiger partial charge in [0.05, 0.1) is 17.0 Å². The Labute approximate surface area is 98.0 Å². The number of nitrogens with zero attached hydrogens (tertiary/aromatic N) is 2. The number of carbonyl (C=O) groups is 1. The maximum Gasteiger partial charge on any atom is 0.179 e. The number of ketones is 1. The topological polar surface area (TPSA) is 34.9 Å². The van der Waals surface area contributed by atoms with Crippen LogP contribution in [0.1, 0.15) is 17.3 Å². The summed E-state index contributed by atoms with van der Waals surface area (Å²) in [7, 11) is 0. The monoisotopic (exact) mass is 242 g/mol. The number of aromatic nitrogens is 2. The van der Waals surface area contributed by atoms with E-state index < -0.39 is 0 Å². The minimum Gasteiger partial charge on any atom is -0.293 e. The van der Waals surface area contributed by atoms with Crippen molar-refractivity contribution in [3.8, 4) is 0 Å². The van der Waals surface area contributed by atoms with Gasteiger partial charge in [-0.25, -0.2) is 0 Å². The van der Waals surface area contributed by atoms with Crippen molar-refractivity contribution in [1.82, 2.24) is 9.78 Å². The number of thioether (sulfide) groups is 2. The van der Waals surface area contributed by atoms with Gasteiger partial charge in [-0.05, 0) is 6.92 Å². The summed E-state index contributed by atoms with van der Waals surface area (Å²) in [5, 5.41) is 4.27. The van der Waals surface area contributed by atoms with Crippen molar-refractivity contribution in [3.05, 3.63) is 18.0 Å². The van der Waals surface area contributed by atoms with Crippen LogP contribution in [0.5, 0.6) is 0 Å². The summed E-state index contributed by atoms with van der Waals surface area (Å²) in [4.78, 5) is 12.0. The van der Waals surface area contributed by atoms with E-state index in [4.69, 9.17) is 0 Å². The lowest BCUT2D eigenvalue weighted by Crippen LogP contribution is -2.24. The summed E-state index contributed by atoms with van der Waals surface area (Å²) in [6.07, 6.45) is 3.54. The zero-order valence-electron chi connectivity index (χ0n) is 8.68. The highest BCUT2D eigenvalue weighted by Crippen LogP contribution is 2.26. The van der Waals surface area contributed by atoms with Gasteiger partial charge in [-0.2, -0.15) is 16.9 Å². The van der Waals surface area contributed by atoms with Gasteiger partial charge in [-0.1, -0.05) is 0 Å². The molecule has 1 atom stereocenters. The van der Waals surface area contributed by atoms with Crippen molar-refractivity contribution in [2.45, 2.75) is 18.7 Å². The van der Waals surface area contributed by atoms with Crippen LogP contribution >= 0.6 is 23.5 Å². The van der Waals surface area contributed by atoms with Crippen LogP contribution in [0.15, 0.2) is 12.4 Å². The summed E-state index contributed by atoms with van der Waals surface area (Å²) in [6.45, 7) is 2.84. The van der Waals surface area contributed by atoms with E-state index >= 15 is 0 Å². The molecular formula is C10H14N2OS2. The highest BCUT2D eigenvalue weighted by molar-refractivity contribution is 8.07. The molecule has 2 rings (SSSR count). The zero-order chi connectivity index (χ0) is 10.7. The van der Waals surface area contributed by atoms with Crippen molar-refractivity contribution in [2.75, 3.05) is 17.3 Å². The minimum atomic E-state index is 0.137. The third-order valence-electron chi connectivity index (χ3n) is 2.35. The number of Topliss-reactive ketones (excluding diaryl/α,β-unsaturated/α-hetero) is 1. The molecule has 0 aromatic carbocycles. The van der Waals surface area contributed by atoms with Gasteiger partial charge in [0.15, 0.2) is 5.78 Å². The van der Waals surface area contributed by atoms with Crippen LogP contribution in [0.3, 0.4) is 0 Å². The van der Waals surface area contributed by atoms with Gasteiger partial charge in [0.1, 0.15) is 0 Å². The predicted octanol–water partition coefficient (Wildman–Crippen LogP) is 1.93. The van der Waals surface area contributed by atoms with E-state index in [-0.39, 0.29) is 11.0 Å². The third kappa shape index (κ3) is 2.58. The molecular weight excluding hydrogens is 228 g/mol. The minimum absolute atomic E-state index is 0.137. The van der Waals surface area contributed by atoms with Gasteiger partial charge in [0, 0.05) is 30.0 Å². The first-order valence-electron chi connectivity index (χ1n) is 5.07. The second-order valence-electron chi connectivity index (χ2n) is 3.38. The molecule has 1 aromatic heterocycles. The van der Waals surface area contributed by atoms with Crippen LogP contribution < -0.4 is 0 Å². The Morgan fingerprint density at radius 1 is 1.67 bits per heavy atom. The third-order valence-corrected chi connectivity index (χ3v) is 5.10. The van der Waals surface area contributed by atoms with Crippen molar-refractivity contribution in [2.24, 2.45) is 0 Å². The number of hydrogen-bond acceptors (Lipinski definition) is 4. The molecule has 0 bridgehead atoms. The molecule has 3 nitrogen and oxygen atoms in total. The molecule has 15 heavy (non-hydrogen) atoms. The van der Waals surface area contributed by atoms with E-state index in [1.54, 1.807) is 22.6 Å². The summed E-state index contributed by atoms with van der Waals surface area (Å²) < 4.78 is 1.80. The van der Waals surface area contributed by atoms with E-state index in [0.29, 0.717) is 0 Å². The fraction of sp³-hybridized carbons (Fsp3) is 0.600. The van der Waals surface area contributed by atoms with Crippen molar-refractivity contribution in [1.29, 1.82) is 0 Å². The summed E-state index contributed by atoms with van der Waals surface area (Å²) in [5.74, 6) is 3.44. The van der Waals surface area contributed by atoms with E-state index in [1.165, 1.54) is 5.75 Å². The molecule has 1 unspecified atom stereocenters. The number of hydrogen-bond donors (Lipinski definition) is 0. The van der Waals surface area contributed by atoms with E-state index in [9.17, 15) is 4.79 Å². The molecule has 1 aromatic rings. The molecule has 1 saturated heterocycles. The largest absolute Gasteiger partial charge is 0.293 e. The maximum absolute atomic E-state index is 12.0. The SMILES string of the molecule is CCn1cc(C(=O)C2CSCCS2)cn1. The first-order chi connectivity index (χ1) is 7.31. The van der Waals surface area contributed by atoms with Crippen LogP contribution in [-0.4, -0.2) is 38.1 Å². The van der Waals surface area contributed by atoms with Gasteiger partial charge in [-0.15, -0.1) is 11.8 Å². The Morgan fingerprint density at radius 2 is 2.53 bits per heavy atom. The molecule has 0 N–H and O–H groups in total. The van der Waals surface area contributed by atoms with Gasteiger partial charge in [0.2, 0.25) is 0 Å². The molecule has 82 valence electrons. The van der Waals surface area contributed by atoms with Crippen LogP contribution in [0, 0.1) is 0 Å². The quantitative estimate of drug-likeness (QED) is 0.759. The lowest BCUT2D eigenvalue weighted by Gasteiger charge is -2.18. The van der Waals surface area contributed by atoms with Crippen molar-refractivity contribution >= 4 is 29.3 Å². The molecule has 2 heterocycles. The molecule has 0 saturated carbocycles. The standard InChI is InChI=1S/C10H14N2OS2/c1-2-12-6-8(5-11-12)10(13)9-7-14-3-4-15-9/h5-6,9H,2-4,7H2,1H3. The molecule has 1 fully saturated rings. The van der Waals surface area contributed by atoms with Crippen LogP contribution in [0.2, 0.25) is 0 Å². The van der Waals surface area contributed by atoms with E-state index in [0.717, 1.165) is 23.6 Å². The van der Waals surface area contributed by atoms with Crippen LogP contribution in [0.4, 0.5) is 0 Å². The summed E-state index contributed by atoms with van der Waals surface area (Å²) in [6, 6.07) is 0. The molecule has 0 spiro atoms. The second kappa shape index (κ2) is 5.07. The second-order valence-corrected chi connectivity index (χ2v) is 5.84. The average molecular weight is 242 g/mol. The Morgan fingerprint density at radius 3 is 3.13 bits per heavy atom. The number of carbonyl (C=O) groups excluding carboxylic acids is 1. The molecule has 0 radical (unpaired) electrons. The molecule has 1 aliphatic rings. The van der Waals surface area contributed by atoms with Gasteiger partial charge in [-0.3, -0.25) is 9.48 Å². The average Bonchev–Trinajstić information content (AvgIpc) is 2.78.